The molecule has 1 aromatic carbocycles. The molecule has 0 aliphatic heterocycles. The van der Waals surface area contributed by atoms with Gasteiger partial charge in [0.15, 0.2) is 0 Å². The molecule has 2 rings (SSSR count). The van der Waals surface area contributed by atoms with E-state index in [9.17, 15) is 0 Å². The molecule has 0 bridgehead atoms. The molecular weight excluding hydrogens is 234 g/mol. The molecule has 0 spiro atoms. The number of fused-ring (bicyclic) bond motifs is 1. The molecule has 1 aromatic heterocycles. The van der Waals surface area contributed by atoms with Gasteiger partial charge in [0, 0.05) is 19.9 Å². The zero-order valence-electron chi connectivity index (χ0n) is 6.04. The first-order chi connectivity index (χ1) is 5.81. The summed E-state index contributed by atoms with van der Waals surface area (Å²) < 4.78 is 2.28. The van der Waals surface area contributed by atoms with Gasteiger partial charge in [0.25, 0.3) is 0 Å². The average Bonchev–Trinajstić information content (AvgIpc) is 2.47. The van der Waals surface area contributed by atoms with E-state index in [0.717, 1.165) is 9.86 Å². The smallest absolute Gasteiger partial charge is 0.0991 e. The fourth-order valence-corrected chi connectivity index (χ4v) is 2.61. The third-order valence-electron chi connectivity index (χ3n) is 1.66. The summed E-state index contributed by atoms with van der Waals surface area (Å²) in [6, 6.07) is 7.83. The predicted molar refractivity (Wildman–Crippen MR) is 54.2 cm³/mol. The SMILES string of the molecule is N#Cc1ccc2scc(Br)c2c1. The van der Waals surface area contributed by atoms with E-state index >= 15 is 0 Å². The second kappa shape index (κ2) is 2.89. The molecular formula is C9H4BrNS. The molecule has 0 aliphatic carbocycles. The van der Waals surface area contributed by atoms with Crippen LogP contribution in [-0.2, 0) is 0 Å². The van der Waals surface area contributed by atoms with E-state index in [2.05, 4.69) is 22.0 Å². The summed E-state index contributed by atoms with van der Waals surface area (Å²) in [6.07, 6.45) is 0. The molecule has 1 nitrogen and oxygen atoms in total. The summed E-state index contributed by atoms with van der Waals surface area (Å²) in [5, 5.41) is 11.8. The Morgan fingerprint density at radius 1 is 1.42 bits per heavy atom. The lowest BCUT2D eigenvalue weighted by Gasteiger charge is -1.90. The third-order valence-corrected chi connectivity index (χ3v) is 3.58. The quantitative estimate of drug-likeness (QED) is 0.688. The molecule has 0 amide bonds. The number of rotatable bonds is 0. The van der Waals surface area contributed by atoms with E-state index in [-0.39, 0.29) is 0 Å². The number of nitrogens with zero attached hydrogens (tertiary/aromatic N) is 1. The average molecular weight is 238 g/mol. The van der Waals surface area contributed by atoms with Gasteiger partial charge in [0.2, 0.25) is 0 Å². The molecule has 0 aliphatic rings. The Balaban J connectivity index is 2.82. The largest absolute Gasteiger partial charge is 0.192 e. The second-order valence-corrected chi connectivity index (χ2v) is 4.17. The number of nitriles is 1. The Hall–Kier alpha value is -0.850. The summed E-state index contributed by atoms with van der Waals surface area (Å²) in [5.74, 6) is 0. The van der Waals surface area contributed by atoms with Crippen molar-refractivity contribution < 1.29 is 0 Å². The normalized spacial score (nSPS) is 10.0. The molecule has 2 aromatic rings. The van der Waals surface area contributed by atoms with Crippen LogP contribution in [-0.4, -0.2) is 0 Å². The monoisotopic (exact) mass is 237 g/mol. The zero-order valence-corrected chi connectivity index (χ0v) is 8.45. The van der Waals surface area contributed by atoms with Crippen molar-refractivity contribution in [2.75, 3.05) is 0 Å². The van der Waals surface area contributed by atoms with Gasteiger partial charge in [-0.05, 0) is 34.1 Å². The minimum atomic E-state index is 0.710. The van der Waals surface area contributed by atoms with Crippen molar-refractivity contribution in [1.29, 1.82) is 5.26 Å². The van der Waals surface area contributed by atoms with Crippen LogP contribution in [0, 0.1) is 11.3 Å². The molecule has 1 heterocycles. The number of hydrogen-bond donors (Lipinski definition) is 0. The van der Waals surface area contributed by atoms with Gasteiger partial charge in [0.1, 0.15) is 0 Å². The van der Waals surface area contributed by atoms with Gasteiger partial charge in [-0.15, -0.1) is 11.3 Å². The van der Waals surface area contributed by atoms with Gasteiger partial charge in [-0.2, -0.15) is 5.26 Å². The summed E-state index contributed by atoms with van der Waals surface area (Å²) in [6.45, 7) is 0. The fraction of sp³-hybridized carbons (Fsp3) is 0. The molecule has 0 unspecified atom stereocenters. The van der Waals surface area contributed by atoms with Crippen LogP contribution in [0.2, 0.25) is 0 Å². The van der Waals surface area contributed by atoms with Crippen LogP contribution in [0.5, 0.6) is 0 Å². The van der Waals surface area contributed by atoms with E-state index in [1.54, 1.807) is 11.3 Å². The van der Waals surface area contributed by atoms with Crippen LogP contribution < -0.4 is 0 Å². The van der Waals surface area contributed by atoms with Crippen LogP contribution in [0.15, 0.2) is 28.1 Å². The van der Waals surface area contributed by atoms with E-state index in [1.165, 1.54) is 4.70 Å². The molecule has 0 saturated heterocycles. The Bertz CT molecular complexity index is 467. The van der Waals surface area contributed by atoms with Crippen molar-refractivity contribution in [2.45, 2.75) is 0 Å². The van der Waals surface area contributed by atoms with Crippen LogP contribution in [0.4, 0.5) is 0 Å². The van der Waals surface area contributed by atoms with Crippen molar-refractivity contribution in [3.05, 3.63) is 33.6 Å². The maximum atomic E-state index is 8.66. The highest BCUT2D eigenvalue weighted by molar-refractivity contribution is 9.10. The summed E-state index contributed by atoms with van der Waals surface area (Å²) >= 11 is 5.11. The molecule has 0 saturated carbocycles. The first kappa shape index (κ1) is 7.78. The zero-order chi connectivity index (χ0) is 8.55. The number of thiophene rings is 1. The molecule has 0 radical (unpaired) electrons. The third kappa shape index (κ3) is 1.13. The topological polar surface area (TPSA) is 23.8 Å². The number of halogens is 1. The van der Waals surface area contributed by atoms with Gasteiger partial charge >= 0.3 is 0 Å². The standard InChI is InChI=1S/C9H4BrNS/c10-8-5-12-9-2-1-6(4-11)3-7(8)9/h1-3,5H. The fourth-order valence-electron chi connectivity index (χ4n) is 1.07. The van der Waals surface area contributed by atoms with Crippen molar-refractivity contribution in [3.8, 4) is 6.07 Å². The Morgan fingerprint density at radius 2 is 2.25 bits per heavy atom. The van der Waals surface area contributed by atoms with E-state index < -0.39 is 0 Å². The van der Waals surface area contributed by atoms with Crippen LogP contribution in [0.3, 0.4) is 0 Å². The first-order valence-electron chi connectivity index (χ1n) is 3.38. The lowest BCUT2D eigenvalue weighted by atomic mass is 10.2. The molecule has 0 atom stereocenters. The van der Waals surface area contributed by atoms with Crippen LogP contribution in [0.25, 0.3) is 10.1 Å². The minimum Gasteiger partial charge on any atom is -0.192 e. The second-order valence-electron chi connectivity index (χ2n) is 2.41. The maximum Gasteiger partial charge on any atom is 0.0991 e. The van der Waals surface area contributed by atoms with E-state index in [1.807, 2.05) is 23.6 Å². The number of benzene rings is 1. The lowest BCUT2D eigenvalue weighted by Crippen LogP contribution is -1.71. The number of hydrogen-bond acceptors (Lipinski definition) is 2. The molecule has 58 valence electrons. The Morgan fingerprint density at radius 3 is 3.00 bits per heavy atom. The maximum absolute atomic E-state index is 8.66. The summed E-state index contributed by atoms with van der Waals surface area (Å²) in [4.78, 5) is 0. The molecule has 0 N–H and O–H groups in total. The summed E-state index contributed by atoms with van der Waals surface area (Å²) in [5.41, 5.74) is 0.710. The van der Waals surface area contributed by atoms with Crippen LogP contribution >= 0.6 is 27.3 Å². The van der Waals surface area contributed by atoms with E-state index in [0.29, 0.717) is 5.56 Å². The molecule has 3 heteroatoms. The minimum absolute atomic E-state index is 0.710. The molecule has 0 fully saturated rings. The van der Waals surface area contributed by atoms with Crippen molar-refractivity contribution >= 4 is 37.4 Å². The van der Waals surface area contributed by atoms with Gasteiger partial charge in [-0.1, -0.05) is 0 Å². The van der Waals surface area contributed by atoms with Crippen molar-refractivity contribution in [2.24, 2.45) is 0 Å². The Labute approximate surface area is 82.4 Å². The first-order valence-corrected chi connectivity index (χ1v) is 5.05. The Kier molecular flexibility index (Phi) is 1.87. The summed E-state index contributed by atoms with van der Waals surface area (Å²) in [7, 11) is 0. The lowest BCUT2D eigenvalue weighted by molar-refractivity contribution is 1.50. The van der Waals surface area contributed by atoms with Gasteiger partial charge < -0.3 is 0 Å². The highest BCUT2D eigenvalue weighted by atomic mass is 79.9. The van der Waals surface area contributed by atoms with Crippen molar-refractivity contribution in [1.82, 2.24) is 0 Å². The predicted octanol–water partition coefficient (Wildman–Crippen LogP) is 3.54. The van der Waals surface area contributed by atoms with Gasteiger partial charge in [0.05, 0.1) is 11.6 Å². The van der Waals surface area contributed by atoms with Gasteiger partial charge in [-0.25, -0.2) is 0 Å². The van der Waals surface area contributed by atoms with Crippen molar-refractivity contribution in [3.63, 3.8) is 0 Å². The highest BCUT2D eigenvalue weighted by Gasteiger charge is 2.01. The van der Waals surface area contributed by atoms with Crippen LogP contribution in [0.1, 0.15) is 5.56 Å². The van der Waals surface area contributed by atoms with Gasteiger partial charge in [-0.3, -0.25) is 0 Å². The molecule has 12 heavy (non-hydrogen) atoms. The highest BCUT2D eigenvalue weighted by Crippen LogP contribution is 2.30. The van der Waals surface area contributed by atoms with E-state index in [4.69, 9.17) is 5.26 Å².